The maximum atomic E-state index is 13.4. The molecule has 3 amide bonds. The third-order valence-corrected chi connectivity index (χ3v) is 5.79. The fraction of sp³-hybridized carbons (Fsp3) is 0.321. The molecular weight excluding hydrogens is 511 g/mol. The normalized spacial score (nSPS) is 12.9. The van der Waals surface area contributed by atoms with Crippen LogP contribution in [-0.2, 0) is 28.7 Å². The first-order valence-corrected chi connectivity index (χ1v) is 12.4. The first-order valence-electron chi connectivity index (χ1n) is 12.4. The van der Waals surface area contributed by atoms with E-state index in [-0.39, 0.29) is 24.6 Å². The molecular formula is C28H30F3N5O3. The number of aromatic nitrogens is 2. The first kappa shape index (κ1) is 29.3. The topological polar surface area (TPSA) is 113 Å². The van der Waals surface area contributed by atoms with Crippen LogP contribution in [0.2, 0.25) is 0 Å². The van der Waals surface area contributed by atoms with Gasteiger partial charge >= 0.3 is 6.18 Å². The number of nitrogens with one attached hydrogen (secondary N) is 3. The predicted octanol–water partition coefficient (Wildman–Crippen LogP) is 3.68. The number of rotatable bonds is 11. The highest BCUT2D eigenvalue weighted by molar-refractivity contribution is 5.97. The summed E-state index contributed by atoms with van der Waals surface area (Å²) in [6, 6.07) is 11.6. The summed E-state index contributed by atoms with van der Waals surface area (Å²) >= 11 is 0. The third-order valence-electron chi connectivity index (χ3n) is 5.79. The van der Waals surface area contributed by atoms with Gasteiger partial charge in [-0.3, -0.25) is 19.4 Å². The van der Waals surface area contributed by atoms with Gasteiger partial charge in [0.15, 0.2) is 0 Å². The summed E-state index contributed by atoms with van der Waals surface area (Å²) in [7, 11) is 0. The van der Waals surface area contributed by atoms with Gasteiger partial charge in [0.2, 0.25) is 11.8 Å². The van der Waals surface area contributed by atoms with Crippen molar-refractivity contribution >= 4 is 17.7 Å². The van der Waals surface area contributed by atoms with E-state index < -0.39 is 41.5 Å². The molecule has 0 spiro atoms. The lowest BCUT2D eigenvalue weighted by Crippen LogP contribution is -2.54. The summed E-state index contributed by atoms with van der Waals surface area (Å²) in [5, 5.41) is 8.10. The zero-order valence-corrected chi connectivity index (χ0v) is 21.5. The van der Waals surface area contributed by atoms with Crippen molar-refractivity contribution in [1.29, 1.82) is 0 Å². The Bertz CT molecular complexity index is 1240. The molecule has 1 heterocycles. The van der Waals surface area contributed by atoms with E-state index in [9.17, 15) is 27.6 Å². The predicted molar refractivity (Wildman–Crippen MR) is 138 cm³/mol. The van der Waals surface area contributed by atoms with Crippen molar-refractivity contribution in [2.45, 2.75) is 51.5 Å². The Morgan fingerprint density at radius 1 is 0.846 bits per heavy atom. The molecule has 3 rings (SSSR count). The lowest BCUT2D eigenvalue weighted by molar-refractivity contribution is -0.137. The number of halogens is 3. The highest BCUT2D eigenvalue weighted by Crippen LogP contribution is 2.29. The van der Waals surface area contributed by atoms with Crippen LogP contribution in [0.1, 0.15) is 47.4 Å². The Balaban J connectivity index is 1.71. The van der Waals surface area contributed by atoms with E-state index >= 15 is 0 Å². The third kappa shape index (κ3) is 9.20. The van der Waals surface area contributed by atoms with Crippen molar-refractivity contribution in [3.05, 3.63) is 95.6 Å². The first-order chi connectivity index (χ1) is 18.5. The van der Waals surface area contributed by atoms with Crippen LogP contribution in [0.15, 0.2) is 73.2 Å². The van der Waals surface area contributed by atoms with Crippen LogP contribution in [0.3, 0.4) is 0 Å². The van der Waals surface area contributed by atoms with Gasteiger partial charge in [-0.1, -0.05) is 56.3 Å². The summed E-state index contributed by atoms with van der Waals surface area (Å²) < 4.78 is 38.5. The summed E-state index contributed by atoms with van der Waals surface area (Å²) in [6.07, 6.45) is 0.0862. The highest BCUT2D eigenvalue weighted by atomic mass is 19.4. The number of alkyl halides is 3. The van der Waals surface area contributed by atoms with Crippen molar-refractivity contribution in [2.75, 3.05) is 0 Å². The molecule has 2 unspecified atom stereocenters. The van der Waals surface area contributed by atoms with Gasteiger partial charge in [0.1, 0.15) is 17.8 Å². The van der Waals surface area contributed by atoms with Gasteiger partial charge in [-0.05, 0) is 35.6 Å². The van der Waals surface area contributed by atoms with E-state index in [4.69, 9.17) is 0 Å². The SMILES string of the molecule is CC(C)CC(NC(=O)C(Cc1ccccc1)NC(=O)c1cnccn1)C(=O)NCc1ccc(C(F)(F)F)cc1. The number of carbonyl (C=O) groups is 3. The number of hydrogen-bond acceptors (Lipinski definition) is 5. The highest BCUT2D eigenvalue weighted by Gasteiger charge is 2.30. The van der Waals surface area contributed by atoms with Crippen molar-refractivity contribution in [2.24, 2.45) is 5.92 Å². The molecule has 0 saturated carbocycles. The summed E-state index contributed by atoms with van der Waals surface area (Å²) in [5.41, 5.74) is 0.528. The molecule has 39 heavy (non-hydrogen) atoms. The zero-order chi connectivity index (χ0) is 28.4. The van der Waals surface area contributed by atoms with Crippen LogP contribution in [0.25, 0.3) is 0 Å². The van der Waals surface area contributed by atoms with E-state index in [0.29, 0.717) is 12.0 Å². The van der Waals surface area contributed by atoms with Crippen LogP contribution in [-0.4, -0.2) is 39.8 Å². The molecule has 3 aromatic rings. The Hall–Kier alpha value is -4.28. The van der Waals surface area contributed by atoms with E-state index in [1.165, 1.54) is 30.7 Å². The van der Waals surface area contributed by atoms with Gasteiger partial charge in [0.25, 0.3) is 5.91 Å². The average molecular weight is 542 g/mol. The van der Waals surface area contributed by atoms with Crippen molar-refractivity contribution in [3.8, 4) is 0 Å². The zero-order valence-electron chi connectivity index (χ0n) is 21.5. The molecule has 0 radical (unpaired) electrons. The summed E-state index contributed by atoms with van der Waals surface area (Å²) in [4.78, 5) is 47.0. The second-order valence-corrected chi connectivity index (χ2v) is 9.41. The largest absolute Gasteiger partial charge is 0.416 e. The Morgan fingerprint density at radius 2 is 1.54 bits per heavy atom. The molecule has 2 atom stereocenters. The van der Waals surface area contributed by atoms with Crippen molar-refractivity contribution < 1.29 is 27.6 Å². The fourth-order valence-corrected chi connectivity index (χ4v) is 3.81. The molecule has 206 valence electrons. The second-order valence-electron chi connectivity index (χ2n) is 9.41. The monoisotopic (exact) mass is 541 g/mol. The molecule has 0 aliphatic rings. The second kappa shape index (κ2) is 13.5. The summed E-state index contributed by atoms with van der Waals surface area (Å²) in [6.45, 7) is 3.76. The minimum atomic E-state index is -4.45. The fourth-order valence-electron chi connectivity index (χ4n) is 3.81. The number of nitrogens with zero attached hydrogens (tertiary/aromatic N) is 2. The van der Waals surface area contributed by atoms with Gasteiger partial charge in [-0.15, -0.1) is 0 Å². The molecule has 8 nitrogen and oxygen atoms in total. The van der Waals surface area contributed by atoms with Gasteiger partial charge in [0, 0.05) is 25.4 Å². The molecule has 0 aliphatic heterocycles. The maximum absolute atomic E-state index is 13.4. The molecule has 1 aromatic heterocycles. The van der Waals surface area contributed by atoms with Crippen LogP contribution >= 0.6 is 0 Å². The van der Waals surface area contributed by atoms with Crippen LogP contribution in [0.4, 0.5) is 13.2 Å². The van der Waals surface area contributed by atoms with Crippen LogP contribution in [0.5, 0.6) is 0 Å². The Kier molecular flexibility index (Phi) is 10.1. The minimum absolute atomic E-state index is 0.0156. The number of amides is 3. The molecule has 11 heteroatoms. The number of carbonyl (C=O) groups excluding carboxylic acids is 3. The molecule has 0 bridgehead atoms. The van der Waals surface area contributed by atoms with Gasteiger partial charge in [-0.2, -0.15) is 13.2 Å². The maximum Gasteiger partial charge on any atom is 0.416 e. The smallest absolute Gasteiger partial charge is 0.350 e. The summed E-state index contributed by atoms with van der Waals surface area (Å²) in [5.74, 6) is -1.61. The Morgan fingerprint density at radius 3 is 2.13 bits per heavy atom. The van der Waals surface area contributed by atoms with Crippen LogP contribution < -0.4 is 16.0 Å². The molecule has 3 N–H and O–H groups in total. The molecule has 2 aromatic carbocycles. The number of hydrogen-bond donors (Lipinski definition) is 3. The van der Waals surface area contributed by atoms with Gasteiger partial charge in [-0.25, -0.2) is 4.98 Å². The van der Waals surface area contributed by atoms with E-state index in [1.807, 2.05) is 44.2 Å². The lowest BCUT2D eigenvalue weighted by atomic mass is 10.0. The van der Waals surface area contributed by atoms with Crippen LogP contribution in [0, 0.1) is 5.92 Å². The molecule has 0 aliphatic carbocycles. The standard InChI is InChI=1S/C28H30F3N5O3/c1-18(2)14-22(25(37)34-16-20-8-10-21(11-9-20)28(29,30)31)35-26(38)23(15-19-6-4-3-5-7-19)36-27(39)24-17-32-12-13-33-24/h3-13,17-18,22-23H,14-16H2,1-2H3,(H,34,37)(H,35,38)(H,36,39). The van der Waals surface area contributed by atoms with Crippen molar-refractivity contribution in [1.82, 2.24) is 25.9 Å². The number of benzene rings is 2. The van der Waals surface area contributed by atoms with E-state index in [1.54, 1.807) is 0 Å². The minimum Gasteiger partial charge on any atom is -0.350 e. The van der Waals surface area contributed by atoms with Crippen molar-refractivity contribution in [3.63, 3.8) is 0 Å². The average Bonchev–Trinajstić information content (AvgIpc) is 2.91. The Labute approximate surface area is 224 Å². The molecule has 0 fully saturated rings. The van der Waals surface area contributed by atoms with Gasteiger partial charge in [0.05, 0.1) is 11.8 Å². The lowest BCUT2D eigenvalue weighted by Gasteiger charge is -2.24. The van der Waals surface area contributed by atoms with Gasteiger partial charge < -0.3 is 16.0 Å². The quantitative estimate of drug-likeness (QED) is 0.343. The van der Waals surface area contributed by atoms with E-state index in [2.05, 4.69) is 25.9 Å². The molecule has 0 saturated heterocycles. The van der Waals surface area contributed by atoms with E-state index in [0.717, 1.165) is 17.7 Å².